The summed E-state index contributed by atoms with van der Waals surface area (Å²) in [7, 11) is 3.57. The molecule has 0 aliphatic rings. The molecule has 1 heterocycles. The normalized spacial score (nSPS) is 10.1. The van der Waals surface area contributed by atoms with Gasteiger partial charge in [0.05, 0.1) is 0 Å². The second-order valence-electron chi connectivity index (χ2n) is 4.43. The molecular formula is C13H23N5O. The predicted molar refractivity (Wildman–Crippen MR) is 77.5 cm³/mol. The van der Waals surface area contributed by atoms with Crippen LogP contribution >= 0.6 is 0 Å². The lowest BCUT2D eigenvalue weighted by Crippen LogP contribution is -2.27. The van der Waals surface area contributed by atoms with E-state index in [2.05, 4.69) is 27.5 Å². The van der Waals surface area contributed by atoms with Crippen LogP contribution < -0.4 is 15.5 Å². The fraction of sp³-hybridized carbons (Fsp3) is 0.615. The molecule has 0 aliphatic heterocycles. The van der Waals surface area contributed by atoms with Gasteiger partial charge in [-0.2, -0.15) is 0 Å². The molecule has 0 fully saturated rings. The summed E-state index contributed by atoms with van der Waals surface area (Å²) in [6.07, 6.45) is 1.50. The van der Waals surface area contributed by atoms with E-state index in [1.807, 2.05) is 24.9 Å². The fourth-order valence-corrected chi connectivity index (χ4v) is 1.60. The molecule has 106 valence electrons. The van der Waals surface area contributed by atoms with Crippen LogP contribution in [0.4, 0.5) is 11.6 Å². The van der Waals surface area contributed by atoms with Crippen molar-refractivity contribution in [3.63, 3.8) is 0 Å². The highest BCUT2D eigenvalue weighted by Gasteiger charge is 2.08. The number of nitrogens with zero attached hydrogens (tertiary/aromatic N) is 3. The Labute approximate surface area is 114 Å². The molecule has 6 nitrogen and oxygen atoms in total. The van der Waals surface area contributed by atoms with Crippen LogP contribution in [0.3, 0.4) is 0 Å². The molecule has 0 saturated heterocycles. The van der Waals surface area contributed by atoms with Crippen molar-refractivity contribution in [1.29, 1.82) is 0 Å². The Balaban J connectivity index is 2.70. The SMILES string of the molecule is CCCNc1cc(N(C)CCC(=O)NC)nc(C)n1. The Morgan fingerprint density at radius 3 is 2.79 bits per heavy atom. The van der Waals surface area contributed by atoms with Gasteiger partial charge in [-0.05, 0) is 13.3 Å². The second kappa shape index (κ2) is 7.56. The summed E-state index contributed by atoms with van der Waals surface area (Å²) in [5.41, 5.74) is 0. The first kappa shape index (κ1) is 15.2. The molecule has 0 aromatic carbocycles. The average Bonchev–Trinajstić information content (AvgIpc) is 2.41. The molecule has 1 rings (SSSR count). The lowest BCUT2D eigenvalue weighted by atomic mass is 10.3. The summed E-state index contributed by atoms with van der Waals surface area (Å²) < 4.78 is 0. The third-order valence-electron chi connectivity index (χ3n) is 2.72. The zero-order chi connectivity index (χ0) is 14.3. The van der Waals surface area contributed by atoms with E-state index in [9.17, 15) is 4.79 Å². The third kappa shape index (κ3) is 5.11. The molecule has 1 aromatic rings. The van der Waals surface area contributed by atoms with Gasteiger partial charge in [-0.25, -0.2) is 9.97 Å². The van der Waals surface area contributed by atoms with Gasteiger partial charge < -0.3 is 15.5 Å². The van der Waals surface area contributed by atoms with Crippen LogP contribution in [0.1, 0.15) is 25.6 Å². The maximum absolute atomic E-state index is 11.2. The van der Waals surface area contributed by atoms with Crippen molar-refractivity contribution in [2.75, 3.05) is 37.4 Å². The smallest absolute Gasteiger partial charge is 0.221 e. The lowest BCUT2D eigenvalue weighted by Gasteiger charge is -2.19. The number of aromatic nitrogens is 2. The minimum absolute atomic E-state index is 0.0296. The summed E-state index contributed by atoms with van der Waals surface area (Å²) in [6, 6.07) is 1.91. The fourth-order valence-electron chi connectivity index (χ4n) is 1.60. The van der Waals surface area contributed by atoms with Crippen LogP contribution in [0.5, 0.6) is 0 Å². The maximum atomic E-state index is 11.2. The first-order valence-corrected chi connectivity index (χ1v) is 6.58. The van der Waals surface area contributed by atoms with Crippen molar-refractivity contribution in [2.24, 2.45) is 0 Å². The van der Waals surface area contributed by atoms with Crippen molar-refractivity contribution < 1.29 is 4.79 Å². The highest BCUT2D eigenvalue weighted by molar-refractivity contribution is 5.76. The van der Waals surface area contributed by atoms with Crippen LogP contribution in [-0.4, -0.2) is 43.1 Å². The molecule has 0 radical (unpaired) electrons. The van der Waals surface area contributed by atoms with Gasteiger partial charge in [0.2, 0.25) is 5.91 Å². The van der Waals surface area contributed by atoms with Crippen molar-refractivity contribution >= 4 is 17.5 Å². The number of anilines is 2. The number of carbonyl (C=O) groups is 1. The first-order valence-electron chi connectivity index (χ1n) is 6.58. The van der Waals surface area contributed by atoms with Crippen molar-refractivity contribution in [3.05, 3.63) is 11.9 Å². The van der Waals surface area contributed by atoms with Gasteiger partial charge in [0.25, 0.3) is 0 Å². The van der Waals surface area contributed by atoms with E-state index in [4.69, 9.17) is 0 Å². The Morgan fingerprint density at radius 1 is 1.42 bits per heavy atom. The highest BCUT2D eigenvalue weighted by Crippen LogP contribution is 2.14. The molecule has 0 aliphatic carbocycles. The lowest BCUT2D eigenvalue weighted by molar-refractivity contribution is -0.120. The molecule has 19 heavy (non-hydrogen) atoms. The topological polar surface area (TPSA) is 70.2 Å². The number of nitrogens with one attached hydrogen (secondary N) is 2. The molecule has 6 heteroatoms. The Bertz CT molecular complexity index is 421. The van der Waals surface area contributed by atoms with E-state index >= 15 is 0 Å². The molecule has 1 amide bonds. The zero-order valence-corrected chi connectivity index (χ0v) is 12.2. The number of hydrogen-bond donors (Lipinski definition) is 2. The van der Waals surface area contributed by atoms with E-state index < -0.39 is 0 Å². The molecule has 0 bridgehead atoms. The molecule has 1 aromatic heterocycles. The van der Waals surface area contributed by atoms with E-state index in [1.165, 1.54) is 0 Å². The number of aryl methyl sites for hydroxylation is 1. The Morgan fingerprint density at radius 2 is 2.16 bits per heavy atom. The van der Waals surface area contributed by atoms with Crippen LogP contribution in [-0.2, 0) is 4.79 Å². The van der Waals surface area contributed by atoms with Gasteiger partial charge in [-0.1, -0.05) is 6.92 Å². The second-order valence-corrected chi connectivity index (χ2v) is 4.43. The minimum atomic E-state index is 0.0296. The molecule has 0 saturated carbocycles. The number of carbonyl (C=O) groups excluding carboxylic acids is 1. The van der Waals surface area contributed by atoms with Crippen LogP contribution in [0.25, 0.3) is 0 Å². The van der Waals surface area contributed by atoms with Gasteiger partial charge in [0.1, 0.15) is 17.5 Å². The number of hydrogen-bond acceptors (Lipinski definition) is 5. The molecule has 0 unspecified atom stereocenters. The van der Waals surface area contributed by atoms with Gasteiger partial charge in [-0.3, -0.25) is 4.79 Å². The van der Waals surface area contributed by atoms with Crippen LogP contribution in [0.15, 0.2) is 6.07 Å². The van der Waals surface area contributed by atoms with Gasteiger partial charge in [0.15, 0.2) is 0 Å². The Kier molecular flexibility index (Phi) is 6.05. The van der Waals surface area contributed by atoms with E-state index in [-0.39, 0.29) is 5.91 Å². The molecule has 2 N–H and O–H groups in total. The Hall–Kier alpha value is -1.85. The standard InChI is InChI=1S/C13H23N5O/c1-5-7-15-11-9-12(17-10(2)16-11)18(4)8-6-13(19)14-3/h9H,5-8H2,1-4H3,(H,14,19)(H,15,16,17). The largest absolute Gasteiger partial charge is 0.370 e. The van der Waals surface area contributed by atoms with Gasteiger partial charge >= 0.3 is 0 Å². The third-order valence-corrected chi connectivity index (χ3v) is 2.72. The van der Waals surface area contributed by atoms with Crippen LogP contribution in [0, 0.1) is 6.92 Å². The van der Waals surface area contributed by atoms with E-state index in [1.54, 1.807) is 7.05 Å². The first-order chi connectivity index (χ1) is 9.06. The van der Waals surface area contributed by atoms with Crippen molar-refractivity contribution in [1.82, 2.24) is 15.3 Å². The summed E-state index contributed by atoms with van der Waals surface area (Å²) in [4.78, 5) is 21.9. The van der Waals surface area contributed by atoms with Crippen molar-refractivity contribution in [2.45, 2.75) is 26.7 Å². The van der Waals surface area contributed by atoms with Gasteiger partial charge in [-0.15, -0.1) is 0 Å². The molecular weight excluding hydrogens is 242 g/mol. The predicted octanol–water partition coefficient (Wildman–Crippen LogP) is 1.18. The summed E-state index contributed by atoms with van der Waals surface area (Å²) >= 11 is 0. The van der Waals surface area contributed by atoms with E-state index in [0.29, 0.717) is 13.0 Å². The summed E-state index contributed by atoms with van der Waals surface area (Å²) in [6.45, 7) is 5.49. The maximum Gasteiger partial charge on any atom is 0.221 e. The number of rotatable bonds is 7. The average molecular weight is 265 g/mol. The minimum Gasteiger partial charge on any atom is -0.370 e. The molecule has 0 atom stereocenters. The zero-order valence-electron chi connectivity index (χ0n) is 12.2. The van der Waals surface area contributed by atoms with Crippen molar-refractivity contribution in [3.8, 4) is 0 Å². The van der Waals surface area contributed by atoms with Crippen LogP contribution in [0.2, 0.25) is 0 Å². The highest BCUT2D eigenvalue weighted by atomic mass is 16.1. The summed E-state index contributed by atoms with van der Waals surface area (Å²) in [5, 5.41) is 5.86. The monoisotopic (exact) mass is 265 g/mol. The molecule has 0 spiro atoms. The van der Waals surface area contributed by atoms with E-state index in [0.717, 1.165) is 30.4 Å². The number of amides is 1. The summed E-state index contributed by atoms with van der Waals surface area (Å²) in [5.74, 6) is 2.41. The van der Waals surface area contributed by atoms with Gasteiger partial charge in [0, 0.05) is 39.7 Å². The quantitative estimate of drug-likeness (QED) is 0.774.